The Kier molecular flexibility index (Phi) is 10.8. The summed E-state index contributed by atoms with van der Waals surface area (Å²) in [5.74, 6) is -2.54. The van der Waals surface area contributed by atoms with Crippen molar-refractivity contribution in [3.63, 3.8) is 0 Å². The SMILES string of the molecule is CC(=O)N[C@@H]1[C@@H](O[C@H]2O[C@H](C(=O)O)[C@H](O)[C@@H](O)[C@@H]2O)[C@@H](OS(=O)(=O)[O-])[C@@H](CO)O[C@H]1O.[Na+]. The average molecular weight is 499 g/mol. The molecule has 2 heterocycles. The number of amides is 1. The van der Waals surface area contributed by atoms with Gasteiger partial charge in [0, 0.05) is 6.92 Å². The van der Waals surface area contributed by atoms with Crippen molar-refractivity contribution in [2.24, 2.45) is 0 Å². The van der Waals surface area contributed by atoms with Gasteiger partial charge in [-0.2, -0.15) is 0 Å². The van der Waals surface area contributed by atoms with Gasteiger partial charge < -0.3 is 54.7 Å². The van der Waals surface area contributed by atoms with Gasteiger partial charge in [-0.25, -0.2) is 13.2 Å². The first-order valence-corrected chi connectivity index (χ1v) is 10.0. The van der Waals surface area contributed by atoms with Crippen molar-refractivity contribution in [1.82, 2.24) is 5.32 Å². The third-order valence-corrected chi connectivity index (χ3v) is 5.01. The van der Waals surface area contributed by atoms with Gasteiger partial charge in [0.05, 0.1) is 6.61 Å². The van der Waals surface area contributed by atoms with Crippen molar-refractivity contribution in [1.29, 1.82) is 0 Å². The molecular weight excluding hydrogens is 477 g/mol. The first-order chi connectivity index (χ1) is 14.3. The Morgan fingerprint density at radius 3 is 2.12 bits per heavy atom. The van der Waals surface area contributed by atoms with Gasteiger partial charge in [-0.05, 0) is 0 Å². The summed E-state index contributed by atoms with van der Waals surface area (Å²) in [5, 5.41) is 60.5. The van der Waals surface area contributed by atoms with Crippen molar-refractivity contribution in [3.05, 3.63) is 0 Å². The fourth-order valence-corrected chi connectivity index (χ4v) is 3.69. The van der Waals surface area contributed by atoms with E-state index >= 15 is 0 Å². The van der Waals surface area contributed by atoms with Crippen molar-refractivity contribution in [2.75, 3.05) is 6.61 Å². The molecule has 0 radical (unpaired) electrons. The third-order valence-electron chi connectivity index (χ3n) is 4.55. The molecule has 1 amide bonds. The van der Waals surface area contributed by atoms with E-state index < -0.39 is 90.2 Å². The van der Waals surface area contributed by atoms with Crippen molar-refractivity contribution >= 4 is 22.3 Å². The second-order valence-electron chi connectivity index (χ2n) is 6.78. The maximum atomic E-state index is 11.5. The molecule has 0 aromatic rings. The minimum atomic E-state index is -5.47. The molecule has 0 saturated carbocycles. The number of rotatable bonds is 7. The van der Waals surface area contributed by atoms with Crippen molar-refractivity contribution < 1.29 is 101 Å². The Hall–Kier alpha value is -0.510. The van der Waals surface area contributed by atoms with Crippen LogP contribution in [0.4, 0.5) is 0 Å². The number of carbonyl (C=O) groups is 2. The quantitative estimate of drug-likeness (QED) is 0.0974. The molecular formula is C14H22NNaO15S. The minimum Gasteiger partial charge on any atom is -0.726 e. The zero-order valence-corrected chi connectivity index (χ0v) is 19.6. The zero-order chi connectivity index (χ0) is 23.7. The fourth-order valence-electron chi connectivity index (χ4n) is 3.19. The predicted octanol–water partition coefficient (Wildman–Crippen LogP) is -8.67. The van der Waals surface area contributed by atoms with E-state index in [1.165, 1.54) is 0 Å². The summed E-state index contributed by atoms with van der Waals surface area (Å²) in [6.07, 6.45) is -18.0. The number of nitrogens with one attached hydrogen (secondary N) is 1. The number of aliphatic hydroxyl groups is 5. The molecule has 0 spiro atoms. The summed E-state index contributed by atoms with van der Waals surface area (Å²) in [5.41, 5.74) is 0. The van der Waals surface area contributed by atoms with E-state index in [1.807, 2.05) is 0 Å². The van der Waals surface area contributed by atoms with E-state index in [0.29, 0.717) is 0 Å². The second kappa shape index (κ2) is 11.8. The Morgan fingerprint density at radius 2 is 1.66 bits per heavy atom. The summed E-state index contributed by atoms with van der Waals surface area (Å²) < 4.78 is 53.0. The number of carboxylic acid groups (broad SMARTS) is 1. The molecule has 2 fully saturated rings. The van der Waals surface area contributed by atoms with Gasteiger partial charge in [-0.15, -0.1) is 0 Å². The van der Waals surface area contributed by atoms with Gasteiger partial charge >= 0.3 is 35.5 Å². The van der Waals surface area contributed by atoms with E-state index in [9.17, 15) is 48.1 Å². The summed E-state index contributed by atoms with van der Waals surface area (Å²) in [6, 6.07) is -1.67. The van der Waals surface area contributed by atoms with Crippen LogP contribution >= 0.6 is 0 Å². The smallest absolute Gasteiger partial charge is 0.726 e. The van der Waals surface area contributed by atoms with Gasteiger partial charge in [0.1, 0.15) is 42.7 Å². The number of hydrogen-bond donors (Lipinski definition) is 7. The normalized spacial score (nSPS) is 40.2. The van der Waals surface area contributed by atoms with Gasteiger partial charge in [0.2, 0.25) is 16.3 Å². The molecule has 18 heteroatoms. The Bertz CT molecular complexity index is 767. The molecule has 180 valence electrons. The Balaban J connectivity index is 0.00000512. The number of hydrogen-bond acceptors (Lipinski definition) is 14. The molecule has 0 aromatic carbocycles. The molecule has 0 unspecified atom stereocenters. The standard InChI is InChI=1S/C14H23NO15S.Na/c1-3(17)15-5-10(9(30-31(24,25)26)4(2-16)27-13(5)23)28-14-8(20)6(18)7(19)11(29-14)12(21)22;/h4-11,13-14,16,18-20,23H,2H2,1H3,(H,15,17)(H,21,22)(H,24,25,26);/q;+1/p-1/t4-,5-,6-,7-,8+,9+,10-,11+,13-,14+;/m1./s1. The molecule has 7 N–H and O–H groups in total. The van der Waals surface area contributed by atoms with E-state index in [2.05, 4.69) is 9.50 Å². The topological polar surface area (TPSA) is 262 Å². The molecule has 2 aliphatic heterocycles. The van der Waals surface area contributed by atoms with Crippen LogP contribution in [0.5, 0.6) is 0 Å². The van der Waals surface area contributed by atoms with Crippen LogP contribution in [0.3, 0.4) is 0 Å². The molecule has 16 nitrogen and oxygen atoms in total. The summed E-state index contributed by atoms with van der Waals surface area (Å²) in [7, 11) is -5.47. The van der Waals surface area contributed by atoms with Gasteiger partial charge in [-0.3, -0.25) is 8.98 Å². The molecule has 0 aromatic heterocycles. The van der Waals surface area contributed by atoms with Gasteiger partial charge in [-0.1, -0.05) is 0 Å². The number of aliphatic hydroxyl groups excluding tert-OH is 5. The number of carboxylic acids is 1. The molecule has 0 bridgehead atoms. The molecule has 0 aliphatic carbocycles. The van der Waals surface area contributed by atoms with Crippen LogP contribution in [0.15, 0.2) is 0 Å². The van der Waals surface area contributed by atoms with Gasteiger partial charge in [0.15, 0.2) is 18.7 Å². The predicted molar refractivity (Wildman–Crippen MR) is 89.3 cm³/mol. The maximum absolute atomic E-state index is 11.5. The fraction of sp³-hybridized carbons (Fsp3) is 0.857. The number of aliphatic carboxylic acids is 1. The van der Waals surface area contributed by atoms with E-state index in [1.54, 1.807) is 0 Å². The van der Waals surface area contributed by atoms with Crippen LogP contribution in [0.25, 0.3) is 0 Å². The zero-order valence-electron chi connectivity index (χ0n) is 16.7. The molecule has 2 saturated heterocycles. The molecule has 10 atom stereocenters. The summed E-state index contributed by atoms with van der Waals surface area (Å²) >= 11 is 0. The van der Waals surface area contributed by atoms with E-state index in [0.717, 1.165) is 6.92 Å². The van der Waals surface area contributed by atoms with Crippen LogP contribution in [-0.2, 0) is 38.4 Å². The Labute approximate surface area is 203 Å². The monoisotopic (exact) mass is 499 g/mol. The first kappa shape index (κ1) is 29.5. The number of carbonyl (C=O) groups excluding carboxylic acids is 1. The maximum Gasteiger partial charge on any atom is 1.00 e. The van der Waals surface area contributed by atoms with E-state index in [4.69, 9.17) is 19.3 Å². The molecule has 2 aliphatic rings. The van der Waals surface area contributed by atoms with Gasteiger partial charge in [0.25, 0.3) is 0 Å². The minimum absolute atomic E-state index is 0. The molecule has 2 rings (SSSR count). The van der Waals surface area contributed by atoms with Crippen LogP contribution in [0.1, 0.15) is 6.92 Å². The third kappa shape index (κ3) is 7.00. The Morgan fingerprint density at radius 1 is 1.06 bits per heavy atom. The second-order valence-corrected chi connectivity index (χ2v) is 7.79. The summed E-state index contributed by atoms with van der Waals surface area (Å²) in [6.45, 7) is -0.00823. The van der Waals surface area contributed by atoms with Crippen molar-refractivity contribution in [2.45, 2.75) is 68.3 Å². The molecule has 32 heavy (non-hydrogen) atoms. The van der Waals surface area contributed by atoms with Crippen LogP contribution < -0.4 is 34.9 Å². The van der Waals surface area contributed by atoms with Crippen LogP contribution in [-0.4, -0.2) is 123 Å². The summed E-state index contributed by atoms with van der Waals surface area (Å²) in [4.78, 5) is 22.7. The first-order valence-electron chi connectivity index (χ1n) is 8.70. The van der Waals surface area contributed by atoms with Crippen molar-refractivity contribution in [3.8, 4) is 0 Å². The largest absolute Gasteiger partial charge is 1.00 e. The average Bonchev–Trinajstić information content (AvgIpc) is 2.64. The van der Waals surface area contributed by atoms with E-state index in [-0.39, 0.29) is 29.6 Å². The number of ether oxygens (including phenoxy) is 3. The van der Waals surface area contributed by atoms with Crippen LogP contribution in [0.2, 0.25) is 0 Å². The van der Waals surface area contributed by atoms with Crippen LogP contribution in [0, 0.1) is 0 Å².